The van der Waals surface area contributed by atoms with Crippen LogP contribution in [0.5, 0.6) is 0 Å². The third kappa shape index (κ3) is 5.03. The van der Waals surface area contributed by atoms with Crippen molar-refractivity contribution in [3.05, 3.63) is 28.8 Å². The molecule has 0 aliphatic heterocycles. The van der Waals surface area contributed by atoms with Crippen LogP contribution in [-0.4, -0.2) is 18.4 Å². The van der Waals surface area contributed by atoms with Crippen LogP contribution in [0.1, 0.15) is 42.9 Å². The standard InChI is InChI=1S/C16H24N2O2/c1-5-6-7-17-14(19)10-15(20)18-16-12(3)8-11(2)9-13(16)4/h8-9H,5-7,10H2,1-4H3,(H,17,19)(H,18,20). The van der Waals surface area contributed by atoms with Crippen LogP contribution in [0.15, 0.2) is 12.1 Å². The van der Waals surface area contributed by atoms with Crippen molar-refractivity contribution in [2.45, 2.75) is 47.0 Å². The highest BCUT2D eigenvalue weighted by Crippen LogP contribution is 2.21. The molecule has 0 aliphatic rings. The Bertz CT molecular complexity index is 472. The highest BCUT2D eigenvalue weighted by Gasteiger charge is 2.12. The highest BCUT2D eigenvalue weighted by molar-refractivity contribution is 6.04. The fourth-order valence-corrected chi connectivity index (χ4v) is 2.17. The second-order valence-electron chi connectivity index (χ2n) is 5.20. The molecule has 20 heavy (non-hydrogen) atoms. The first-order valence-electron chi connectivity index (χ1n) is 7.08. The van der Waals surface area contributed by atoms with Crippen molar-refractivity contribution >= 4 is 17.5 Å². The minimum Gasteiger partial charge on any atom is -0.356 e. The lowest BCUT2D eigenvalue weighted by molar-refractivity contribution is -0.126. The van der Waals surface area contributed by atoms with Crippen LogP contribution >= 0.6 is 0 Å². The molecule has 0 fully saturated rings. The van der Waals surface area contributed by atoms with E-state index in [1.54, 1.807) is 0 Å². The van der Waals surface area contributed by atoms with E-state index in [4.69, 9.17) is 0 Å². The first-order valence-corrected chi connectivity index (χ1v) is 7.08. The number of rotatable bonds is 6. The van der Waals surface area contributed by atoms with Gasteiger partial charge in [-0.3, -0.25) is 9.59 Å². The van der Waals surface area contributed by atoms with Crippen molar-refractivity contribution in [3.8, 4) is 0 Å². The Kier molecular flexibility index (Phi) is 6.22. The number of benzene rings is 1. The number of carbonyl (C=O) groups is 2. The summed E-state index contributed by atoms with van der Waals surface area (Å²) in [6.45, 7) is 8.62. The first kappa shape index (κ1) is 16.2. The predicted molar refractivity (Wildman–Crippen MR) is 81.8 cm³/mol. The van der Waals surface area contributed by atoms with Gasteiger partial charge in [0.1, 0.15) is 6.42 Å². The topological polar surface area (TPSA) is 58.2 Å². The van der Waals surface area contributed by atoms with E-state index in [-0.39, 0.29) is 18.2 Å². The second kappa shape index (κ2) is 7.68. The molecule has 0 atom stereocenters. The minimum absolute atomic E-state index is 0.129. The summed E-state index contributed by atoms with van der Waals surface area (Å²) in [6, 6.07) is 4.04. The zero-order valence-electron chi connectivity index (χ0n) is 12.8. The maximum absolute atomic E-state index is 11.9. The maximum Gasteiger partial charge on any atom is 0.233 e. The Labute approximate surface area is 121 Å². The van der Waals surface area contributed by atoms with Gasteiger partial charge in [-0.2, -0.15) is 0 Å². The third-order valence-corrected chi connectivity index (χ3v) is 3.12. The van der Waals surface area contributed by atoms with E-state index in [1.807, 2.05) is 32.9 Å². The fourth-order valence-electron chi connectivity index (χ4n) is 2.17. The zero-order chi connectivity index (χ0) is 15.1. The smallest absolute Gasteiger partial charge is 0.233 e. The van der Waals surface area contributed by atoms with Crippen molar-refractivity contribution < 1.29 is 9.59 Å². The summed E-state index contributed by atoms with van der Waals surface area (Å²) in [5, 5.41) is 5.57. The van der Waals surface area contributed by atoms with Crippen LogP contribution < -0.4 is 10.6 Å². The molecule has 4 nitrogen and oxygen atoms in total. The summed E-state index contributed by atoms with van der Waals surface area (Å²) in [5.41, 5.74) is 4.00. The van der Waals surface area contributed by atoms with Gasteiger partial charge in [0.05, 0.1) is 0 Å². The summed E-state index contributed by atoms with van der Waals surface area (Å²) in [4.78, 5) is 23.4. The van der Waals surface area contributed by atoms with E-state index in [2.05, 4.69) is 17.6 Å². The summed E-state index contributed by atoms with van der Waals surface area (Å²) >= 11 is 0. The zero-order valence-corrected chi connectivity index (χ0v) is 12.8. The summed E-state index contributed by atoms with van der Waals surface area (Å²) in [5.74, 6) is -0.493. The highest BCUT2D eigenvalue weighted by atomic mass is 16.2. The minimum atomic E-state index is -0.269. The Morgan fingerprint density at radius 2 is 1.65 bits per heavy atom. The lowest BCUT2D eigenvalue weighted by Crippen LogP contribution is -2.29. The molecule has 2 N–H and O–H groups in total. The number of anilines is 1. The molecule has 110 valence electrons. The van der Waals surface area contributed by atoms with Gasteiger partial charge < -0.3 is 10.6 Å². The number of carbonyl (C=O) groups excluding carboxylic acids is 2. The van der Waals surface area contributed by atoms with Crippen molar-refractivity contribution in [1.82, 2.24) is 5.32 Å². The molecule has 0 bridgehead atoms. The molecule has 1 aromatic carbocycles. The molecule has 0 spiro atoms. The van der Waals surface area contributed by atoms with E-state index in [9.17, 15) is 9.59 Å². The van der Waals surface area contributed by atoms with Crippen LogP contribution in [0.3, 0.4) is 0 Å². The molecule has 0 heterocycles. The molecule has 1 rings (SSSR count). The molecular weight excluding hydrogens is 252 g/mol. The lowest BCUT2D eigenvalue weighted by Gasteiger charge is -2.12. The monoisotopic (exact) mass is 276 g/mol. The summed E-state index contributed by atoms with van der Waals surface area (Å²) < 4.78 is 0. The normalized spacial score (nSPS) is 10.2. The van der Waals surface area contributed by atoms with E-state index < -0.39 is 0 Å². The number of unbranched alkanes of at least 4 members (excludes halogenated alkanes) is 1. The average Bonchev–Trinajstić information content (AvgIpc) is 2.34. The van der Waals surface area contributed by atoms with Gasteiger partial charge in [-0.1, -0.05) is 31.0 Å². The van der Waals surface area contributed by atoms with Gasteiger partial charge in [0.25, 0.3) is 0 Å². The number of hydrogen-bond donors (Lipinski definition) is 2. The second-order valence-corrected chi connectivity index (χ2v) is 5.20. The van der Waals surface area contributed by atoms with Crippen molar-refractivity contribution in [2.75, 3.05) is 11.9 Å². The number of hydrogen-bond acceptors (Lipinski definition) is 2. The van der Waals surface area contributed by atoms with Gasteiger partial charge in [-0.25, -0.2) is 0 Å². The summed E-state index contributed by atoms with van der Waals surface area (Å²) in [6.07, 6.45) is 1.83. The van der Waals surface area contributed by atoms with E-state index in [1.165, 1.54) is 0 Å². The maximum atomic E-state index is 11.9. The molecule has 0 radical (unpaired) electrons. The number of amides is 2. The summed E-state index contributed by atoms with van der Waals surface area (Å²) in [7, 11) is 0. The van der Waals surface area contributed by atoms with E-state index in [0.717, 1.165) is 35.2 Å². The Morgan fingerprint density at radius 3 is 2.20 bits per heavy atom. The molecule has 0 aliphatic carbocycles. The molecule has 0 aromatic heterocycles. The van der Waals surface area contributed by atoms with Gasteiger partial charge in [-0.15, -0.1) is 0 Å². The largest absolute Gasteiger partial charge is 0.356 e. The molecular formula is C16H24N2O2. The van der Waals surface area contributed by atoms with Crippen molar-refractivity contribution in [3.63, 3.8) is 0 Å². The van der Waals surface area contributed by atoms with Crippen molar-refractivity contribution in [2.24, 2.45) is 0 Å². The van der Waals surface area contributed by atoms with Crippen LogP contribution in [0, 0.1) is 20.8 Å². The SMILES string of the molecule is CCCCNC(=O)CC(=O)Nc1c(C)cc(C)cc1C. The average molecular weight is 276 g/mol. The van der Waals surface area contributed by atoms with Crippen LogP contribution in [0.4, 0.5) is 5.69 Å². The van der Waals surface area contributed by atoms with Crippen LogP contribution in [-0.2, 0) is 9.59 Å². The Hall–Kier alpha value is -1.84. The van der Waals surface area contributed by atoms with Gasteiger partial charge in [0.15, 0.2) is 0 Å². The quantitative estimate of drug-likeness (QED) is 0.620. The van der Waals surface area contributed by atoms with Crippen molar-refractivity contribution in [1.29, 1.82) is 0 Å². The fraction of sp³-hybridized carbons (Fsp3) is 0.500. The predicted octanol–water partition coefficient (Wildman–Crippen LogP) is 2.86. The molecule has 0 saturated heterocycles. The van der Waals surface area contributed by atoms with E-state index in [0.29, 0.717) is 6.54 Å². The molecule has 4 heteroatoms. The van der Waals surface area contributed by atoms with Gasteiger partial charge in [0, 0.05) is 12.2 Å². The Balaban J connectivity index is 2.57. The number of aryl methyl sites for hydroxylation is 3. The third-order valence-electron chi connectivity index (χ3n) is 3.12. The lowest BCUT2D eigenvalue weighted by atomic mass is 10.0. The van der Waals surface area contributed by atoms with Gasteiger partial charge in [0.2, 0.25) is 11.8 Å². The number of nitrogens with one attached hydrogen (secondary N) is 2. The molecule has 0 unspecified atom stereocenters. The van der Waals surface area contributed by atoms with Crippen LogP contribution in [0.25, 0.3) is 0 Å². The molecule has 0 saturated carbocycles. The first-order chi connectivity index (χ1) is 9.43. The Morgan fingerprint density at radius 1 is 1.05 bits per heavy atom. The van der Waals surface area contributed by atoms with E-state index >= 15 is 0 Å². The molecule has 2 amide bonds. The van der Waals surface area contributed by atoms with Gasteiger partial charge >= 0.3 is 0 Å². The molecule has 1 aromatic rings. The van der Waals surface area contributed by atoms with Crippen LogP contribution in [0.2, 0.25) is 0 Å². The van der Waals surface area contributed by atoms with Gasteiger partial charge in [-0.05, 0) is 38.3 Å².